The number of ether oxygens (including phenoxy) is 1. The lowest BCUT2D eigenvalue weighted by Gasteiger charge is -2.28. The Labute approximate surface area is 255 Å². The zero-order chi connectivity index (χ0) is 32.6. The van der Waals surface area contributed by atoms with Crippen LogP contribution in [0.2, 0.25) is 0 Å². The van der Waals surface area contributed by atoms with Crippen molar-refractivity contribution in [3.63, 3.8) is 0 Å². The lowest BCUT2D eigenvalue weighted by Crippen LogP contribution is -2.48. The van der Waals surface area contributed by atoms with Crippen LogP contribution in [0.5, 0.6) is 5.88 Å². The quantitative estimate of drug-likeness (QED) is 0.237. The van der Waals surface area contributed by atoms with Crippen molar-refractivity contribution in [1.82, 2.24) is 29.6 Å². The minimum atomic E-state index is -4.96. The van der Waals surface area contributed by atoms with E-state index in [2.05, 4.69) is 36.0 Å². The Hall–Kier alpha value is -5.32. The van der Waals surface area contributed by atoms with Crippen molar-refractivity contribution in [3.05, 3.63) is 59.8 Å². The molecule has 3 atom stereocenters. The lowest BCUT2D eigenvalue weighted by atomic mass is 10.0. The van der Waals surface area contributed by atoms with Gasteiger partial charge < -0.3 is 15.0 Å². The average molecular weight is 620 g/mol. The summed E-state index contributed by atoms with van der Waals surface area (Å²) in [5.41, 5.74) is 2.97. The van der Waals surface area contributed by atoms with Gasteiger partial charge in [0.2, 0.25) is 17.7 Å². The standard InChI is InChI=1S/C31H28F3N7O4/c1-6-23-16(2)11-24(30(44)38-25-8-7-9-26(37-25)45-31(32,33)34)41(23)27(43)15-40-29-17(3)10-20(21-13-35-19(5)36-14-21)12-22(29)28(39-40)18(4)42/h1,7-10,12-14,16,23-24H,11,15H2,2-5H3,(H,37,38,44)/t16-,23+,24-/m0/s1. The third-order valence-electron chi connectivity index (χ3n) is 7.49. The predicted octanol–water partition coefficient (Wildman–Crippen LogP) is 4.48. The third kappa shape index (κ3) is 6.47. The van der Waals surface area contributed by atoms with Gasteiger partial charge in [0, 0.05) is 36.3 Å². The van der Waals surface area contributed by atoms with E-state index in [0.29, 0.717) is 16.7 Å². The van der Waals surface area contributed by atoms with Gasteiger partial charge in [0.1, 0.15) is 29.9 Å². The first-order valence-electron chi connectivity index (χ1n) is 13.9. The number of nitrogens with one attached hydrogen (secondary N) is 1. The number of likely N-dealkylation sites (tertiary alicyclic amines) is 1. The van der Waals surface area contributed by atoms with Crippen LogP contribution in [0.1, 0.15) is 42.1 Å². The van der Waals surface area contributed by atoms with Crippen molar-refractivity contribution in [2.45, 2.75) is 59.1 Å². The molecule has 0 radical (unpaired) electrons. The molecule has 232 valence electrons. The van der Waals surface area contributed by atoms with Crippen LogP contribution in [0, 0.1) is 32.1 Å². The van der Waals surface area contributed by atoms with Crippen molar-refractivity contribution < 1.29 is 32.3 Å². The number of ketones is 1. The molecule has 1 N–H and O–H groups in total. The number of terminal acetylenes is 1. The van der Waals surface area contributed by atoms with Crippen LogP contribution < -0.4 is 10.1 Å². The molecule has 1 fully saturated rings. The summed E-state index contributed by atoms with van der Waals surface area (Å²) in [6, 6.07) is 5.41. The fourth-order valence-corrected chi connectivity index (χ4v) is 5.56. The van der Waals surface area contributed by atoms with E-state index in [-0.39, 0.29) is 36.2 Å². The molecular formula is C31H28F3N7O4. The second-order valence-electron chi connectivity index (χ2n) is 10.8. The van der Waals surface area contributed by atoms with Crippen LogP contribution >= 0.6 is 0 Å². The maximum Gasteiger partial charge on any atom is 0.574 e. The van der Waals surface area contributed by atoms with Gasteiger partial charge in [-0.2, -0.15) is 10.1 Å². The number of pyridine rings is 1. The summed E-state index contributed by atoms with van der Waals surface area (Å²) in [5, 5.41) is 7.48. The van der Waals surface area contributed by atoms with Gasteiger partial charge in [-0.15, -0.1) is 19.6 Å². The molecule has 1 aliphatic rings. The number of fused-ring (bicyclic) bond motifs is 1. The molecular weight excluding hydrogens is 591 g/mol. The molecule has 1 aliphatic heterocycles. The van der Waals surface area contributed by atoms with E-state index in [1.807, 2.05) is 13.0 Å². The number of benzene rings is 1. The van der Waals surface area contributed by atoms with Crippen molar-refractivity contribution in [1.29, 1.82) is 0 Å². The van der Waals surface area contributed by atoms with Crippen LogP contribution in [0.3, 0.4) is 0 Å². The normalized spacial score (nSPS) is 18.1. The topological polar surface area (TPSA) is 132 Å². The largest absolute Gasteiger partial charge is 0.574 e. The lowest BCUT2D eigenvalue weighted by molar-refractivity contribution is -0.276. The summed E-state index contributed by atoms with van der Waals surface area (Å²) in [5.74, 6) is 0.462. The predicted molar refractivity (Wildman–Crippen MR) is 157 cm³/mol. The zero-order valence-corrected chi connectivity index (χ0v) is 24.7. The SMILES string of the molecule is C#C[C@@H]1[C@@H](C)C[C@@H](C(=O)Nc2cccc(OC(F)(F)F)n2)N1C(=O)Cn1nc(C(C)=O)c2cc(-c3cnc(C)nc3)cc(C)c21. The van der Waals surface area contributed by atoms with Gasteiger partial charge >= 0.3 is 6.36 Å². The molecule has 45 heavy (non-hydrogen) atoms. The monoisotopic (exact) mass is 619 g/mol. The van der Waals surface area contributed by atoms with E-state index in [1.54, 1.807) is 32.3 Å². The van der Waals surface area contributed by atoms with Crippen molar-refractivity contribution >= 4 is 34.3 Å². The molecule has 0 bridgehead atoms. The summed E-state index contributed by atoms with van der Waals surface area (Å²) in [4.78, 5) is 53.4. The Morgan fingerprint density at radius 2 is 1.84 bits per heavy atom. The number of rotatable bonds is 7. The van der Waals surface area contributed by atoms with E-state index in [9.17, 15) is 27.6 Å². The highest BCUT2D eigenvalue weighted by atomic mass is 19.4. The van der Waals surface area contributed by atoms with Crippen LogP contribution in [0.25, 0.3) is 22.0 Å². The molecule has 4 aromatic rings. The first-order chi connectivity index (χ1) is 21.3. The van der Waals surface area contributed by atoms with Crippen LogP contribution in [-0.2, 0) is 16.1 Å². The number of aryl methyl sites for hydroxylation is 2. The maximum absolute atomic E-state index is 13.9. The number of anilines is 1. The molecule has 0 aliphatic carbocycles. The van der Waals surface area contributed by atoms with Crippen LogP contribution in [-0.4, -0.2) is 65.7 Å². The van der Waals surface area contributed by atoms with E-state index in [0.717, 1.165) is 22.8 Å². The summed E-state index contributed by atoms with van der Waals surface area (Å²) in [7, 11) is 0. The number of alkyl halides is 3. The summed E-state index contributed by atoms with van der Waals surface area (Å²) >= 11 is 0. The van der Waals surface area contributed by atoms with Gasteiger partial charge in [-0.1, -0.05) is 18.9 Å². The van der Waals surface area contributed by atoms with Crippen molar-refractivity contribution in [2.75, 3.05) is 5.32 Å². The summed E-state index contributed by atoms with van der Waals surface area (Å²) in [6.07, 6.45) is 4.38. The molecule has 1 saturated heterocycles. The highest BCUT2D eigenvalue weighted by Crippen LogP contribution is 2.33. The molecule has 4 heterocycles. The number of amides is 2. The van der Waals surface area contributed by atoms with Gasteiger partial charge in [0.05, 0.1) is 11.6 Å². The highest BCUT2D eigenvalue weighted by Gasteiger charge is 2.44. The molecule has 11 nitrogen and oxygen atoms in total. The van der Waals surface area contributed by atoms with Crippen LogP contribution in [0.4, 0.5) is 19.0 Å². The van der Waals surface area contributed by atoms with E-state index in [4.69, 9.17) is 6.42 Å². The Balaban J connectivity index is 1.45. The second-order valence-corrected chi connectivity index (χ2v) is 10.8. The second kappa shape index (κ2) is 12.0. The number of nitrogens with zero attached hydrogens (tertiary/aromatic N) is 6. The number of hydrogen-bond donors (Lipinski definition) is 1. The first kappa shape index (κ1) is 31.1. The smallest absolute Gasteiger partial charge is 0.388 e. The van der Waals surface area contributed by atoms with Gasteiger partial charge in [-0.05, 0) is 55.5 Å². The van der Waals surface area contributed by atoms with Crippen molar-refractivity contribution in [3.8, 4) is 29.4 Å². The Morgan fingerprint density at radius 3 is 2.49 bits per heavy atom. The molecule has 0 saturated carbocycles. The number of carbonyl (C=O) groups is 3. The van der Waals surface area contributed by atoms with Gasteiger partial charge in [-0.25, -0.2) is 9.97 Å². The third-order valence-corrected chi connectivity index (χ3v) is 7.49. The van der Waals surface area contributed by atoms with E-state index >= 15 is 0 Å². The minimum absolute atomic E-state index is 0.167. The number of halogens is 3. The molecule has 5 rings (SSSR count). The summed E-state index contributed by atoms with van der Waals surface area (Å²) < 4.78 is 43.2. The molecule has 0 unspecified atom stereocenters. The number of aromatic nitrogens is 5. The molecule has 1 aromatic carbocycles. The summed E-state index contributed by atoms with van der Waals surface area (Å²) in [6.45, 7) is 6.44. The molecule has 14 heteroatoms. The maximum atomic E-state index is 13.9. The molecule has 0 spiro atoms. The fourth-order valence-electron chi connectivity index (χ4n) is 5.56. The van der Waals surface area contributed by atoms with Gasteiger partial charge in [0.25, 0.3) is 0 Å². The Bertz CT molecular complexity index is 1850. The number of carbonyl (C=O) groups excluding carboxylic acids is 3. The number of hydrogen-bond acceptors (Lipinski definition) is 8. The zero-order valence-electron chi connectivity index (χ0n) is 24.7. The average Bonchev–Trinajstić information content (AvgIpc) is 3.50. The van der Waals surface area contributed by atoms with Gasteiger partial charge in [0.15, 0.2) is 5.78 Å². The van der Waals surface area contributed by atoms with Crippen molar-refractivity contribution in [2.24, 2.45) is 5.92 Å². The highest BCUT2D eigenvalue weighted by molar-refractivity contribution is 6.07. The minimum Gasteiger partial charge on any atom is -0.388 e. The molecule has 2 amide bonds. The molecule has 3 aromatic heterocycles. The van der Waals surface area contributed by atoms with E-state index in [1.165, 1.54) is 28.6 Å². The number of Topliss-reactive ketones (excluding diaryl/α,β-unsaturated/α-hetero) is 1. The first-order valence-corrected chi connectivity index (χ1v) is 13.9. The Morgan fingerprint density at radius 1 is 1.13 bits per heavy atom. The fraction of sp³-hybridized carbons (Fsp3) is 0.323. The van der Waals surface area contributed by atoms with E-state index < -0.39 is 36.1 Å². The Kier molecular flexibility index (Phi) is 8.29. The van der Waals surface area contributed by atoms with Gasteiger partial charge in [-0.3, -0.25) is 19.1 Å². The van der Waals surface area contributed by atoms with Crippen LogP contribution in [0.15, 0.2) is 42.7 Å².